The van der Waals surface area contributed by atoms with Gasteiger partial charge in [0, 0.05) is 6.04 Å². The van der Waals surface area contributed by atoms with E-state index in [1.54, 1.807) is 0 Å². The van der Waals surface area contributed by atoms with Gasteiger partial charge < -0.3 is 5.32 Å². The van der Waals surface area contributed by atoms with Crippen molar-refractivity contribution in [3.05, 3.63) is 0 Å². The quantitative estimate of drug-likeness (QED) is 0.452. The molecule has 4 atom stereocenters. The summed E-state index contributed by atoms with van der Waals surface area (Å²) in [4.78, 5) is 0. The fourth-order valence-electron chi connectivity index (χ4n) is 3.05. The molecule has 116 valence electrons. The van der Waals surface area contributed by atoms with Crippen LogP contribution in [0.4, 0.5) is 0 Å². The molecule has 0 aromatic heterocycles. The summed E-state index contributed by atoms with van der Waals surface area (Å²) in [6.07, 6.45) is 11.0. The number of unbranched alkanes of at least 4 members (excludes halogenated alkanes) is 3. The summed E-state index contributed by atoms with van der Waals surface area (Å²) in [6, 6.07) is 0.732. The number of hydrogen-bond donors (Lipinski definition) is 1. The van der Waals surface area contributed by atoms with Crippen molar-refractivity contribution in [3.63, 3.8) is 0 Å². The van der Waals surface area contributed by atoms with Crippen LogP contribution in [0.3, 0.4) is 0 Å². The van der Waals surface area contributed by atoms with E-state index >= 15 is 0 Å². The molecule has 0 aliphatic carbocycles. The highest BCUT2D eigenvalue weighted by Crippen LogP contribution is 2.25. The van der Waals surface area contributed by atoms with Crippen LogP contribution < -0.4 is 5.32 Å². The van der Waals surface area contributed by atoms with Gasteiger partial charge in [-0.15, -0.1) is 0 Å². The number of hydrogen-bond acceptors (Lipinski definition) is 1. The fourth-order valence-corrected chi connectivity index (χ4v) is 3.05. The molecule has 0 bridgehead atoms. The molecule has 0 rings (SSSR count). The summed E-state index contributed by atoms with van der Waals surface area (Å²) in [6.45, 7) is 11.9. The highest BCUT2D eigenvalue weighted by atomic mass is 14.9. The monoisotopic (exact) mass is 269 g/mol. The van der Waals surface area contributed by atoms with Crippen LogP contribution in [0.1, 0.15) is 86.0 Å². The van der Waals surface area contributed by atoms with Gasteiger partial charge in [0.25, 0.3) is 0 Å². The molecule has 0 radical (unpaired) electrons. The molecule has 0 aromatic carbocycles. The summed E-state index contributed by atoms with van der Waals surface area (Å²) in [5.74, 6) is 2.60. The first-order valence-electron chi connectivity index (χ1n) is 8.72. The van der Waals surface area contributed by atoms with E-state index in [4.69, 9.17) is 0 Å². The van der Waals surface area contributed by atoms with Crippen LogP contribution in [0, 0.1) is 17.8 Å². The zero-order chi connectivity index (χ0) is 14.7. The first-order chi connectivity index (χ1) is 9.04. The Morgan fingerprint density at radius 1 is 0.842 bits per heavy atom. The number of rotatable bonds is 12. The molecule has 3 unspecified atom stereocenters. The maximum atomic E-state index is 3.53. The predicted octanol–water partition coefficient (Wildman–Crippen LogP) is 5.64. The fraction of sp³-hybridized carbons (Fsp3) is 1.00. The molecule has 0 saturated heterocycles. The number of nitrogens with one attached hydrogen (secondary N) is 1. The molecule has 0 heterocycles. The Bertz CT molecular complexity index is 190. The van der Waals surface area contributed by atoms with Crippen molar-refractivity contribution in [1.29, 1.82) is 0 Å². The van der Waals surface area contributed by atoms with Gasteiger partial charge in [-0.1, -0.05) is 66.7 Å². The lowest BCUT2D eigenvalue weighted by Gasteiger charge is -2.25. The third-order valence-electron chi connectivity index (χ3n) is 4.89. The van der Waals surface area contributed by atoms with Gasteiger partial charge in [0.2, 0.25) is 0 Å². The lowest BCUT2D eigenvalue weighted by Crippen LogP contribution is -2.28. The predicted molar refractivity (Wildman–Crippen MR) is 88.6 cm³/mol. The first-order valence-corrected chi connectivity index (χ1v) is 8.72. The molecular weight excluding hydrogens is 230 g/mol. The highest BCUT2D eigenvalue weighted by molar-refractivity contribution is 4.71. The molecule has 0 amide bonds. The van der Waals surface area contributed by atoms with Gasteiger partial charge >= 0.3 is 0 Å². The van der Waals surface area contributed by atoms with Crippen molar-refractivity contribution in [2.45, 2.75) is 92.0 Å². The zero-order valence-corrected chi connectivity index (χ0v) is 14.5. The second-order valence-corrected chi connectivity index (χ2v) is 6.77. The van der Waals surface area contributed by atoms with Crippen molar-refractivity contribution in [2.75, 3.05) is 7.05 Å². The van der Waals surface area contributed by atoms with Crippen molar-refractivity contribution in [3.8, 4) is 0 Å². The molecule has 0 fully saturated rings. The minimum Gasteiger partial charge on any atom is -0.317 e. The Morgan fingerprint density at radius 2 is 1.53 bits per heavy atom. The van der Waals surface area contributed by atoms with Gasteiger partial charge in [0.15, 0.2) is 0 Å². The summed E-state index contributed by atoms with van der Waals surface area (Å²) in [5, 5.41) is 3.53. The van der Waals surface area contributed by atoms with E-state index in [0.717, 1.165) is 23.8 Å². The van der Waals surface area contributed by atoms with E-state index in [9.17, 15) is 0 Å². The van der Waals surface area contributed by atoms with Crippen LogP contribution in [0.25, 0.3) is 0 Å². The van der Waals surface area contributed by atoms with Crippen LogP contribution in [-0.4, -0.2) is 13.1 Å². The van der Waals surface area contributed by atoms with Gasteiger partial charge in [-0.25, -0.2) is 0 Å². The second-order valence-electron chi connectivity index (χ2n) is 6.77. The van der Waals surface area contributed by atoms with Crippen LogP contribution in [0.15, 0.2) is 0 Å². The van der Waals surface area contributed by atoms with Crippen LogP contribution in [0.5, 0.6) is 0 Å². The molecule has 0 spiro atoms. The van der Waals surface area contributed by atoms with Gasteiger partial charge in [0.05, 0.1) is 0 Å². The van der Waals surface area contributed by atoms with Crippen molar-refractivity contribution in [1.82, 2.24) is 5.32 Å². The van der Waals surface area contributed by atoms with Crippen molar-refractivity contribution >= 4 is 0 Å². The summed E-state index contributed by atoms with van der Waals surface area (Å²) < 4.78 is 0. The Kier molecular flexibility index (Phi) is 11.7. The molecule has 1 N–H and O–H groups in total. The SMILES string of the molecule is CCCCCCC(C[C@H](C)CC(C)C(C)CC)NC. The third-order valence-corrected chi connectivity index (χ3v) is 4.89. The van der Waals surface area contributed by atoms with E-state index in [0.29, 0.717) is 0 Å². The summed E-state index contributed by atoms with van der Waals surface area (Å²) >= 11 is 0. The largest absolute Gasteiger partial charge is 0.317 e. The van der Waals surface area contributed by atoms with E-state index < -0.39 is 0 Å². The third kappa shape index (κ3) is 9.49. The van der Waals surface area contributed by atoms with Crippen molar-refractivity contribution < 1.29 is 0 Å². The average Bonchev–Trinajstić information content (AvgIpc) is 2.40. The minimum absolute atomic E-state index is 0.732. The Hall–Kier alpha value is -0.0400. The van der Waals surface area contributed by atoms with Crippen molar-refractivity contribution in [2.24, 2.45) is 17.8 Å². The van der Waals surface area contributed by atoms with Crippen LogP contribution >= 0.6 is 0 Å². The smallest absolute Gasteiger partial charge is 0.00666 e. The normalized spacial score (nSPS) is 18.0. The van der Waals surface area contributed by atoms with Crippen LogP contribution in [0.2, 0.25) is 0 Å². The molecular formula is C18H39N. The maximum absolute atomic E-state index is 3.53. The van der Waals surface area contributed by atoms with Gasteiger partial charge in [0.1, 0.15) is 0 Å². The zero-order valence-electron chi connectivity index (χ0n) is 14.5. The Morgan fingerprint density at radius 3 is 2.05 bits per heavy atom. The lowest BCUT2D eigenvalue weighted by molar-refractivity contribution is 0.278. The molecule has 1 heteroatoms. The minimum atomic E-state index is 0.732. The van der Waals surface area contributed by atoms with E-state index in [1.165, 1.54) is 51.4 Å². The molecule has 0 aromatic rings. The maximum Gasteiger partial charge on any atom is 0.00666 e. The van der Waals surface area contributed by atoms with Gasteiger partial charge in [-0.2, -0.15) is 0 Å². The molecule has 0 saturated carbocycles. The highest BCUT2D eigenvalue weighted by Gasteiger charge is 2.17. The van der Waals surface area contributed by atoms with Gasteiger partial charge in [-0.05, 0) is 44.1 Å². The molecule has 1 nitrogen and oxygen atoms in total. The summed E-state index contributed by atoms with van der Waals surface area (Å²) in [7, 11) is 2.13. The van der Waals surface area contributed by atoms with Gasteiger partial charge in [-0.3, -0.25) is 0 Å². The Balaban J connectivity index is 3.88. The second kappa shape index (κ2) is 11.8. The average molecular weight is 270 g/mol. The molecule has 0 aliphatic rings. The van der Waals surface area contributed by atoms with E-state index in [-0.39, 0.29) is 0 Å². The van der Waals surface area contributed by atoms with Crippen LogP contribution in [-0.2, 0) is 0 Å². The Labute approximate surface area is 122 Å². The summed E-state index contributed by atoms with van der Waals surface area (Å²) in [5.41, 5.74) is 0. The van der Waals surface area contributed by atoms with E-state index in [1.807, 2.05) is 0 Å². The standard InChI is InChI=1S/C18H39N/c1-7-9-10-11-12-18(19-6)14-15(3)13-17(5)16(4)8-2/h15-19H,7-14H2,1-6H3/t15-,16?,17?,18?/m1/s1. The molecule has 0 aliphatic heterocycles. The first kappa shape index (κ1) is 19.0. The van der Waals surface area contributed by atoms with E-state index in [2.05, 4.69) is 47.0 Å². The lowest BCUT2D eigenvalue weighted by atomic mass is 9.83. The topological polar surface area (TPSA) is 12.0 Å². The molecule has 19 heavy (non-hydrogen) atoms.